The van der Waals surface area contributed by atoms with Gasteiger partial charge in [-0.15, -0.1) is 0 Å². The smallest absolute Gasteiger partial charge is 0.154 e. The molecule has 4 nitrogen and oxygen atoms in total. The zero-order valence-corrected chi connectivity index (χ0v) is 11.2. The van der Waals surface area contributed by atoms with E-state index < -0.39 is 0 Å². The second kappa shape index (κ2) is 4.64. The van der Waals surface area contributed by atoms with Gasteiger partial charge in [-0.05, 0) is 30.3 Å². The van der Waals surface area contributed by atoms with Gasteiger partial charge in [0.1, 0.15) is 11.5 Å². The van der Waals surface area contributed by atoms with Crippen molar-refractivity contribution >= 4 is 29.0 Å². The Bertz CT molecular complexity index is 720. The van der Waals surface area contributed by atoms with Crippen LogP contribution in [0.1, 0.15) is 0 Å². The molecule has 3 aromatic rings. The van der Waals surface area contributed by atoms with Crippen molar-refractivity contribution < 1.29 is 4.42 Å². The van der Waals surface area contributed by atoms with Gasteiger partial charge in [0.25, 0.3) is 0 Å². The summed E-state index contributed by atoms with van der Waals surface area (Å²) in [6.45, 7) is 0. The molecule has 0 bridgehead atoms. The van der Waals surface area contributed by atoms with Gasteiger partial charge in [-0.1, -0.05) is 23.2 Å². The maximum Gasteiger partial charge on any atom is 0.154 e. The molecule has 0 atom stereocenters. The van der Waals surface area contributed by atoms with Crippen LogP contribution in [0.25, 0.3) is 17.1 Å². The molecule has 0 aliphatic carbocycles. The fourth-order valence-corrected chi connectivity index (χ4v) is 2.27. The summed E-state index contributed by atoms with van der Waals surface area (Å²) in [4.78, 5) is 0. The summed E-state index contributed by atoms with van der Waals surface area (Å²) in [5, 5.41) is 5.42. The van der Waals surface area contributed by atoms with E-state index in [0.717, 1.165) is 0 Å². The normalized spacial score (nSPS) is 10.8. The van der Waals surface area contributed by atoms with Crippen molar-refractivity contribution in [3.8, 4) is 17.1 Å². The first-order valence-corrected chi connectivity index (χ1v) is 6.25. The molecular weight excluding hydrogens is 285 g/mol. The number of benzene rings is 1. The molecule has 96 valence electrons. The third kappa shape index (κ3) is 2.20. The lowest BCUT2D eigenvalue weighted by Crippen LogP contribution is -2.02. The molecule has 0 fully saturated rings. The fraction of sp³-hybridized carbons (Fsp3) is 0. The number of nitrogen functional groups attached to an aromatic ring is 1. The van der Waals surface area contributed by atoms with Crippen LogP contribution in [0.4, 0.5) is 5.82 Å². The SMILES string of the molecule is Nc1cc(-c2ccco2)nn1-c1ccc(Cl)cc1Cl. The Balaban J connectivity index is 2.11. The predicted octanol–water partition coefficient (Wildman–Crippen LogP) is 4.02. The van der Waals surface area contributed by atoms with Gasteiger partial charge in [0.2, 0.25) is 0 Å². The van der Waals surface area contributed by atoms with Crippen LogP contribution in [0.5, 0.6) is 0 Å². The maximum atomic E-state index is 6.15. The summed E-state index contributed by atoms with van der Waals surface area (Å²) in [5.41, 5.74) is 7.27. The molecular formula is C13H9Cl2N3O. The van der Waals surface area contributed by atoms with Crippen LogP contribution in [-0.2, 0) is 0 Å². The van der Waals surface area contributed by atoms with Gasteiger partial charge in [-0.25, -0.2) is 4.68 Å². The molecule has 0 spiro atoms. The molecule has 3 rings (SSSR count). The lowest BCUT2D eigenvalue weighted by Gasteiger charge is -2.06. The monoisotopic (exact) mass is 293 g/mol. The quantitative estimate of drug-likeness (QED) is 0.776. The van der Waals surface area contributed by atoms with Crippen LogP contribution in [0.3, 0.4) is 0 Å². The molecule has 2 aromatic heterocycles. The van der Waals surface area contributed by atoms with Crippen molar-refractivity contribution in [3.63, 3.8) is 0 Å². The largest absolute Gasteiger partial charge is 0.463 e. The first-order valence-electron chi connectivity index (χ1n) is 5.50. The number of aromatic nitrogens is 2. The zero-order chi connectivity index (χ0) is 13.4. The van der Waals surface area contributed by atoms with Gasteiger partial charge < -0.3 is 10.2 Å². The van der Waals surface area contributed by atoms with Crippen LogP contribution in [0.15, 0.2) is 47.1 Å². The molecule has 19 heavy (non-hydrogen) atoms. The van der Waals surface area contributed by atoms with Gasteiger partial charge >= 0.3 is 0 Å². The number of halogens is 2. The first-order chi connectivity index (χ1) is 9.15. The lowest BCUT2D eigenvalue weighted by molar-refractivity contribution is 0.579. The number of rotatable bonds is 2. The standard InChI is InChI=1S/C13H9Cl2N3O/c14-8-3-4-11(9(15)6-8)18-13(16)7-10(17-18)12-2-1-5-19-12/h1-7H,16H2. The number of hydrogen-bond acceptors (Lipinski definition) is 3. The van der Waals surface area contributed by atoms with E-state index in [1.807, 2.05) is 6.07 Å². The highest BCUT2D eigenvalue weighted by Gasteiger charge is 2.13. The van der Waals surface area contributed by atoms with E-state index in [0.29, 0.717) is 33.0 Å². The topological polar surface area (TPSA) is 57.0 Å². The van der Waals surface area contributed by atoms with Crippen molar-refractivity contribution in [3.05, 3.63) is 52.7 Å². The summed E-state index contributed by atoms with van der Waals surface area (Å²) in [6, 6.07) is 10.5. The van der Waals surface area contributed by atoms with Gasteiger partial charge in [0.05, 0.1) is 17.0 Å². The number of nitrogens with two attached hydrogens (primary N) is 1. The number of nitrogens with zero attached hydrogens (tertiary/aromatic N) is 2. The van der Waals surface area contributed by atoms with Crippen molar-refractivity contribution in [2.24, 2.45) is 0 Å². The van der Waals surface area contributed by atoms with Gasteiger partial charge in [-0.2, -0.15) is 5.10 Å². The zero-order valence-electron chi connectivity index (χ0n) is 9.68. The molecule has 6 heteroatoms. The van der Waals surface area contributed by atoms with Gasteiger partial charge in [0.15, 0.2) is 5.76 Å². The third-order valence-electron chi connectivity index (χ3n) is 2.65. The molecule has 1 aromatic carbocycles. The van der Waals surface area contributed by atoms with Crippen molar-refractivity contribution in [2.45, 2.75) is 0 Å². The Morgan fingerprint density at radius 2 is 2.00 bits per heavy atom. The third-order valence-corrected chi connectivity index (χ3v) is 3.19. The Morgan fingerprint density at radius 1 is 1.16 bits per heavy atom. The Morgan fingerprint density at radius 3 is 2.68 bits per heavy atom. The fourth-order valence-electron chi connectivity index (χ4n) is 1.79. The minimum Gasteiger partial charge on any atom is -0.463 e. The molecule has 2 N–H and O–H groups in total. The molecule has 0 aliphatic heterocycles. The van der Waals surface area contributed by atoms with Crippen LogP contribution < -0.4 is 5.73 Å². The number of anilines is 1. The molecule has 0 aliphatic rings. The number of hydrogen-bond donors (Lipinski definition) is 1. The van der Waals surface area contributed by atoms with Crippen LogP contribution in [0, 0.1) is 0 Å². The summed E-state index contributed by atoms with van der Waals surface area (Å²) < 4.78 is 6.84. The summed E-state index contributed by atoms with van der Waals surface area (Å²) in [5.74, 6) is 1.12. The van der Waals surface area contributed by atoms with Crippen molar-refractivity contribution in [1.29, 1.82) is 0 Å². The Hall–Kier alpha value is -1.91. The maximum absolute atomic E-state index is 6.15. The molecule has 0 saturated heterocycles. The van der Waals surface area contributed by atoms with Crippen LogP contribution in [-0.4, -0.2) is 9.78 Å². The minimum absolute atomic E-state index is 0.468. The van der Waals surface area contributed by atoms with Crippen LogP contribution in [0.2, 0.25) is 10.0 Å². The molecule has 0 unspecified atom stereocenters. The summed E-state index contributed by atoms with van der Waals surface area (Å²) >= 11 is 12.0. The van der Waals surface area contributed by atoms with Gasteiger partial charge in [-0.3, -0.25) is 0 Å². The van der Waals surface area contributed by atoms with E-state index in [4.69, 9.17) is 33.4 Å². The van der Waals surface area contributed by atoms with Crippen LogP contribution >= 0.6 is 23.2 Å². The second-order valence-electron chi connectivity index (χ2n) is 3.94. The average Bonchev–Trinajstić information content (AvgIpc) is 2.98. The predicted molar refractivity (Wildman–Crippen MR) is 75.7 cm³/mol. The molecule has 0 saturated carbocycles. The average molecular weight is 294 g/mol. The van der Waals surface area contributed by atoms with E-state index >= 15 is 0 Å². The molecule has 2 heterocycles. The van der Waals surface area contributed by atoms with Gasteiger partial charge in [0, 0.05) is 11.1 Å². The Kier molecular flexibility index (Phi) is 2.97. The summed E-state index contributed by atoms with van der Waals surface area (Å²) in [6.07, 6.45) is 1.58. The highest BCUT2D eigenvalue weighted by atomic mass is 35.5. The van der Waals surface area contributed by atoms with E-state index in [9.17, 15) is 0 Å². The van der Waals surface area contributed by atoms with E-state index in [1.165, 1.54) is 0 Å². The van der Waals surface area contributed by atoms with Crippen molar-refractivity contribution in [2.75, 3.05) is 5.73 Å². The molecule has 0 radical (unpaired) electrons. The lowest BCUT2D eigenvalue weighted by atomic mass is 10.3. The van der Waals surface area contributed by atoms with Crippen molar-refractivity contribution in [1.82, 2.24) is 9.78 Å². The first kappa shape index (κ1) is 12.1. The van der Waals surface area contributed by atoms with E-state index in [2.05, 4.69) is 5.10 Å². The molecule has 0 amide bonds. The minimum atomic E-state index is 0.468. The van der Waals surface area contributed by atoms with E-state index in [1.54, 1.807) is 41.3 Å². The highest BCUT2D eigenvalue weighted by molar-refractivity contribution is 6.35. The van der Waals surface area contributed by atoms with E-state index in [-0.39, 0.29) is 0 Å². The Labute approximate surface area is 119 Å². The highest BCUT2D eigenvalue weighted by Crippen LogP contribution is 2.28. The number of furan rings is 1. The summed E-state index contributed by atoms with van der Waals surface area (Å²) in [7, 11) is 0. The second-order valence-corrected chi connectivity index (χ2v) is 4.78.